The summed E-state index contributed by atoms with van der Waals surface area (Å²) in [5.74, 6) is 1.16. The Bertz CT molecular complexity index is 1170. The number of carbonyl (C=O) groups is 2. The standard InChI is InChI=1S/C23H24N6O3/c30-22(28-21-13-24-12-20(26-21)15-1-2-15)27-19-5-8-25-18-4-3-16(11-17(18)19)14-6-9-29(10-7-14)23(31)32/h3-5,8,11-15H,1-2,6-7,9-10H2,(H,31,32)(H2,25,26,27,28,30). The summed E-state index contributed by atoms with van der Waals surface area (Å²) in [6.45, 7) is 1.05. The van der Waals surface area contributed by atoms with Crippen LogP contribution in [-0.4, -0.2) is 50.2 Å². The maximum absolute atomic E-state index is 12.6. The van der Waals surface area contributed by atoms with Crippen molar-refractivity contribution in [1.82, 2.24) is 19.9 Å². The van der Waals surface area contributed by atoms with Gasteiger partial charge >= 0.3 is 12.1 Å². The first-order valence-corrected chi connectivity index (χ1v) is 10.8. The summed E-state index contributed by atoms with van der Waals surface area (Å²) in [5.41, 5.74) is 3.48. The zero-order valence-electron chi connectivity index (χ0n) is 17.5. The van der Waals surface area contributed by atoms with Crippen LogP contribution in [0.1, 0.15) is 48.8 Å². The molecule has 0 unspecified atom stereocenters. The number of hydrogen-bond acceptors (Lipinski definition) is 5. The minimum atomic E-state index is -0.865. The van der Waals surface area contributed by atoms with Crippen LogP contribution < -0.4 is 10.6 Å². The van der Waals surface area contributed by atoms with Crippen LogP contribution in [-0.2, 0) is 0 Å². The van der Waals surface area contributed by atoms with Crippen molar-refractivity contribution in [1.29, 1.82) is 0 Å². The van der Waals surface area contributed by atoms with E-state index in [4.69, 9.17) is 0 Å². The third kappa shape index (κ3) is 4.32. The van der Waals surface area contributed by atoms with E-state index in [0.717, 1.165) is 47.8 Å². The van der Waals surface area contributed by atoms with E-state index in [0.29, 0.717) is 30.5 Å². The lowest BCUT2D eigenvalue weighted by Gasteiger charge is -2.30. The highest BCUT2D eigenvalue weighted by molar-refractivity contribution is 6.05. The molecule has 5 rings (SSSR count). The highest BCUT2D eigenvalue weighted by Gasteiger charge is 2.26. The summed E-state index contributed by atoms with van der Waals surface area (Å²) >= 11 is 0. The Morgan fingerprint density at radius 2 is 1.81 bits per heavy atom. The van der Waals surface area contributed by atoms with E-state index < -0.39 is 6.09 Å². The number of aromatic nitrogens is 3. The minimum Gasteiger partial charge on any atom is -0.465 e. The van der Waals surface area contributed by atoms with Gasteiger partial charge < -0.3 is 15.3 Å². The van der Waals surface area contributed by atoms with Crippen LogP contribution >= 0.6 is 0 Å². The molecule has 2 aliphatic rings. The molecule has 2 aromatic heterocycles. The third-order valence-electron chi connectivity index (χ3n) is 6.14. The van der Waals surface area contributed by atoms with Gasteiger partial charge in [-0.3, -0.25) is 15.3 Å². The fourth-order valence-electron chi connectivity index (χ4n) is 4.22. The van der Waals surface area contributed by atoms with Crippen molar-refractivity contribution < 1.29 is 14.7 Å². The number of piperidine rings is 1. The second kappa shape index (κ2) is 8.41. The summed E-state index contributed by atoms with van der Waals surface area (Å²) in [5, 5.41) is 15.7. The maximum atomic E-state index is 12.6. The average Bonchev–Trinajstić information content (AvgIpc) is 3.65. The molecule has 9 nitrogen and oxygen atoms in total. The number of carboxylic acid groups (broad SMARTS) is 1. The van der Waals surface area contributed by atoms with E-state index in [9.17, 15) is 14.7 Å². The first-order chi connectivity index (χ1) is 15.6. The van der Waals surface area contributed by atoms with Crippen LogP contribution in [0.3, 0.4) is 0 Å². The molecule has 1 saturated carbocycles. The Morgan fingerprint density at radius 1 is 1.00 bits per heavy atom. The van der Waals surface area contributed by atoms with Crippen LogP contribution in [0.15, 0.2) is 42.9 Å². The number of anilines is 2. The number of fused-ring (bicyclic) bond motifs is 1. The monoisotopic (exact) mass is 432 g/mol. The van der Waals surface area contributed by atoms with Gasteiger partial charge in [0, 0.05) is 36.8 Å². The molecule has 1 saturated heterocycles. The van der Waals surface area contributed by atoms with E-state index in [1.807, 2.05) is 18.2 Å². The lowest BCUT2D eigenvalue weighted by Crippen LogP contribution is -2.36. The predicted molar refractivity (Wildman–Crippen MR) is 120 cm³/mol. The number of hydrogen-bond donors (Lipinski definition) is 3. The molecule has 0 radical (unpaired) electrons. The van der Waals surface area contributed by atoms with Gasteiger partial charge in [-0.05, 0) is 55.4 Å². The fraction of sp³-hybridized carbons (Fsp3) is 0.348. The molecule has 3 aromatic rings. The van der Waals surface area contributed by atoms with E-state index in [1.54, 1.807) is 18.5 Å². The van der Waals surface area contributed by atoms with Crippen molar-refractivity contribution in [3.63, 3.8) is 0 Å². The smallest absolute Gasteiger partial charge is 0.407 e. The average molecular weight is 432 g/mol. The number of carbonyl (C=O) groups excluding carboxylic acids is 1. The predicted octanol–water partition coefficient (Wildman–Crippen LogP) is 4.40. The lowest BCUT2D eigenvalue weighted by atomic mass is 9.88. The second-order valence-corrected chi connectivity index (χ2v) is 8.36. The molecule has 3 N–H and O–H groups in total. The summed E-state index contributed by atoms with van der Waals surface area (Å²) in [6, 6.07) is 7.42. The first-order valence-electron chi connectivity index (χ1n) is 10.8. The molecule has 32 heavy (non-hydrogen) atoms. The van der Waals surface area contributed by atoms with Crippen LogP contribution in [0.25, 0.3) is 10.9 Å². The van der Waals surface area contributed by atoms with Crippen LogP contribution in [0.2, 0.25) is 0 Å². The Hall–Kier alpha value is -3.75. The molecule has 3 heterocycles. The number of nitrogens with zero attached hydrogens (tertiary/aromatic N) is 4. The van der Waals surface area contributed by atoms with Crippen molar-refractivity contribution in [3.05, 3.63) is 54.1 Å². The first kappa shape index (κ1) is 20.2. The Morgan fingerprint density at radius 3 is 2.56 bits per heavy atom. The number of urea groups is 1. The number of pyridine rings is 1. The van der Waals surface area contributed by atoms with Crippen molar-refractivity contribution >= 4 is 34.5 Å². The molecule has 0 spiro atoms. The molecule has 1 aliphatic carbocycles. The van der Waals surface area contributed by atoms with Crippen LogP contribution in [0.5, 0.6) is 0 Å². The third-order valence-corrected chi connectivity index (χ3v) is 6.14. The van der Waals surface area contributed by atoms with Gasteiger partial charge in [-0.1, -0.05) is 6.07 Å². The van der Waals surface area contributed by atoms with Gasteiger partial charge in [0.2, 0.25) is 0 Å². The topological polar surface area (TPSA) is 120 Å². The Balaban J connectivity index is 1.32. The van der Waals surface area contributed by atoms with E-state index in [1.165, 1.54) is 11.1 Å². The molecule has 1 aromatic carbocycles. The zero-order chi connectivity index (χ0) is 22.1. The normalized spacial score (nSPS) is 16.7. The summed E-state index contributed by atoms with van der Waals surface area (Å²) < 4.78 is 0. The summed E-state index contributed by atoms with van der Waals surface area (Å²) in [6.07, 6.45) is 7.87. The van der Waals surface area contributed by atoms with Crippen LogP contribution in [0, 0.1) is 0 Å². The largest absolute Gasteiger partial charge is 0.465 e. The Kier molecular flexibility index (Phi) is 5.30. The van der Waals surface area contributed by atoms with Crippen molar-refractivity contribution in [2.45, 2.75) is 37.5 Å². The number of rotatable bonds is 4. The summed E-state index contributed by atoms with van der Waals surface area (Å²) in [7, 11) is 0. The molecular weight excluding hydrogens is 408 g/mol. The fourth-order valence-corrected chi connectivity index (χ4v) is 4.22. The molecule has 0 atom stereocenters. The molecular formula is C23H24N6O3. The number of nitrogens with one attached hydrogen (secondary N) is 2. The number of amides is 3. The van der Waals surface area contributed by atoms with Gasteiger partial charge in [0.15, 0.2) is 5.82 Å². The maximum Gasteiger partial charge on any atom is 0.407 e. The molecule has 2 fully saturated rings. The highest BCUT2D eigenvalue weighted by atomic mass is 16.4. The van der Waals surface area contributed by atoms with Gasteiger partial charge in [-0.25, -0.2) is 14.6 Å². The SMILES string of the molecule is O=C(Nc1cncc(C2CC2)n1)Nc1ccnc2ccc(C3CCN(C(=O)O)CC3)cc12. The second-order valence-electron chi connectivity index (χ2n) is 8.36. The van der Waals surface area contributed by atoms with E-state index in [-0.39, 0.29) is 11.9 Å². The van der Waals surface area contributed by atoms with Crippen molar-refractivity contribution in [2.24, 2.45) is 0 Å². The van der Waals surface area contributed by atoms with Gasteiger partial charge in [0.25, 0.3) is 0 Å². The number of likely N-dealkylation sites (tertiary alicyclic amines) is 1. The van der Waals surface area contributed by atoms with Crippen molar-refractivity contribution in [2.75, 3.05) is 23.7 Å². The summed E-state index contributed by atoms with van der Waals surface area (Å²) in [4.78, 5) is 38.3. The van der Waals surface area contributed by atoms with Crippen molar-refractivity contribution in [3.8, 4) is 0 Å². The minimum absolute atomic E-state index is 0.275. The van der Waals surface area contributed by atoms with E-state index >= 15 is 0 Å². The van der Waals surface area contributed by atoms with Gasteiger partial charge in [-0.15, -0.1) is 0 Å². The molecule has 3 amide bonds. The zero-order valence-corrected chi connectivity index (χ0v) is 17.5. The quantitative estimate of drug-likeness (QED) is 0.562. The molecule has 164 valence electrons. The molecule has 0 bridgehead atoms. The van der Waals surface area contributed by atoms with Gasteiger partial charge in [0.05, 0.1) is 23.1 Å². The lowest BCUT2D eigenvalue weighted by molar-refractivity contribution is 0.132. The Labute approximate surface area is 184 Å². The van der Waals surface area contributed by atoms with Gasteiger partial charge in [-0.2, -0.15) is 0 Å². The molecule has 9 heteroatoms. The molecule has 1 aliphatic heterocycles. The van der Waals surface area contributed by atoms with E-state index in [2.05, 4.69) is 25.6 Å². The van der Waals surface area contributed by atoms with Crippen LogP contribution in [0.4, 0.5) is 21.1 Å². The number of benzene rings is 1. The van der Waals surface area contributed by atoms with Gasteiger partial charge in [0.1, 0.15) is 0 Å². The highest BCUT2D eigenvalue weighted by Crippen LogP contribution is 2.38.